The molecule has 8 heteroatoms. The Bertz CT molecular complexity index is 1400. The number of hydrogen-bond donors (Lipinski definition) is 1. The Morgan fingerprint density at radius 3 is 2.88 bits per heavy atom. The number of furan rings is 1. The first-order chi connectivity index (χ1) is 15.6. The Morgan fingerprint density at radius 1 is 1.19 bits per heavy atom. The van der Waals surface area contributed by atoms with Crippen molar-refractivity contribution in [2.45, 2.75) is 13.8 Å². The maximum absolute atomic E-state index is 13.4. The molecule has 0 aliphatic rings. The number of hydrogen-bond acceptors (Lipinski definition) is 6. The largest absolute Gasteiger partial charge is 0.493 e. The third kappa shape index (κ3) is 3.65. The second-order valence-electron chi connectivity index (χ2n) is 7.12. The van der Waals surface area contributed by atoms with Crippen LogP contribution in [0, 0.1) is 6.92 Å². The molecule has 0 saturated carbocycles. The first-order valence-corrected chi connectivity index (χ1v) is 11.0. The predicted octanol–water partition coefficient (Wildman–Crippen LogP) is 5.70. The van der Waals surface area contributed by atoms with Crippen LogP contribution in [0.15, 0.2) is 70.7 Å². The number of carbonyl (C=O) groups excluding carboxylic acids is 1. The fourth-order valence-electron chi connectivity index (χ4n) is 3.57. The van der Waals surface area contributed by atoms with E-state index in [1.807, 2.05) is 73.8 Å². The minimum Gasteiger partial charge on any atom is -0.493 e. The normalized spacial score (nSPS) is 11.1. The van der Waals surface area contributed by atoms with Crippen LogP contribution in [0.3, 0.4) is 0 Å². The van der Waals surface area contributed by atoms with Crippen molar-refractivity contribution < 1.29 is 13.9 Å². The quantitative estimate of drug-likeness (QED) is 0.363. The van der Waals surface area contributed by atoms with E-state index in [2.05, 4.69) is 15.4 Å². The number of amides is 1. The van der Waals surface area contributed by atoms with E-state index in [1.165, 1.54) is 11.3 Å². The second-order valence-corrected chi connectivity index (χ2v) is 7.96. The monoisotopic (exact) mass is 444 g/mol. The minimum atomic E-state index is -0.269. The Hall–Kier alpha value is -3.91. The second kappa shape index (κ2) is 8.32. The first-order valence-electron chi connectivity index (χ1n) is 10.2. The van der Waals surface area contributed by atoms with Crippen molar-refractivity contribution in [2.75, 3.05) is 11.9 Å². The highest BCUT2D eigenvalue weighted by Crippen LogP contribution is 2.30. The zero-order valence-electron chi connectivity index (χ0n) is 17.5. The number of nitrogens with zero attached hydrogens (tertiary/aromatic N) is 3. The third-order valence-electron chi connectivity index (χ3n) is 4.94. The molecule has 0 aliphatic carbocycles. The number of aromatic nitrogens is 3. The van der Waals surface area contributed by atoms with Gasteiger partial charge in [-0.05, 0) is 42.8 Å². The van der Waals surface area contributed by atoms with Gasteiger partial charge in [0, 0.05) is 11.4 Å². The minimum absolute atomic E-state index is 0.269. The molecule has 7 nitrogen and oxygen atoms in total. The van der Waals surface area contributed by atoms with E-state index in [1.54, 1.807) is 10.9 Å². The maximum Gasteiger partial charge on any atom is 0.261 e. The molecule has 0 unspecified atom stereocenters. The molecule has 32 heavy (non-hydrogen) atoms. The number of fused-ring (bicyclic) bond motifs is 1. The van der Waals surface area contributed by atoms with Crippen LogP contribution in [0.5, 0.6) is 5.75 Å². The van der Waals surface area contributed by atoms with E-state index in [9.17, 15) is 4.79 Å². The summed E-state index contributed by atoms with van der Waals surface area (Å²) in [7, 11) is 0. The van der Waals surface area contributed by atoms with Crippen LogP contribution in [0.1, 0.15) is 23.0 Å². The molecule has 0 radical (unpaired) electrons. The van der Waals surface area contributed by atoms with Gasteiger partial charge in [-0.25, -0.2) is 4.98 Å². The SMILES string of the molecule is CCOc1ccc2ccccc2c1C(=O)Nc1cc(C)nn1-c1nc(-c2ccco2)cs1. The zero-order valence-corrected chi connectivity index (χ0v) is 18.3. The lowest BCUT2D eigenvalue weighted by molar-refractivity contribution is 0.102. The zero-order chi connectivity index (χ0) is 22.1. The number of ether oxygens (including phenoxy) is 1. The van der Waals surface area contributed by atoms with E-state index in [4.69, 9.17) is 9.15 Å². The highest BCUT2D eigenvalue weighted by atomic mass is 32.1. The number of carbonyl (C=O) groups is 1. The smallest absolute Gasteiger partial charge is 0.261 e. The Labute approximate surface area is 188 Å². The number of anilines is 1. The predicted molar refractivity (Wildman–Crippen MR) is 125 cm³/mol. The number of nitrogens with one attached hydrogen (secondary N) is 1. The third-order valence-corrected chi connectivity index (χ3v) is 5.75. The summed E-state index contributed by atoms with van der Waals surface area (Å²) in [6.07, 6.45) is 1.61. The summed E-state index contributed by atoms with van der Waals surface area (Å²) in [6.45, 7) is 4.23. The Kier molecular flexibility index (Phi) is 5.20. The van der Waals surface area contributed by atoms with Crippen LogP contribution in [0.4, 0.5) is 5.82 Å². The fraction of sp³-hybridized carbons (Fsp3) is 0.125. The molecule has 2 aromatic carbocycles. The number of thiazole rings is 1. The van der Waals surface area contributed by atoms with Crippen molar-refractivity contribution in [1.82, 2.24) is 14.8 Å². The molecule has 3 aromatic heterocycles. The Balaban J connectivity index is 1.52. The van der Waals surface area contributed by atoms with Gasteiger partial charge in [-0.1, -0.05) is 30.3 Å². The molecule has 3 heterocycles. The number of benzene rings is 2. The average molecular weight is 445 g/mol. The fourth-order valence-corrected chi connectivity index (χ4v) is 4.35. The molecule has 0 fully saturated rings. The summed E-state index contributed by atoms with van der Waals surface area (Å²) in [6, 6.07) is 17.0. The topological polar surface area (TPSA) is 82.2 Å². The molecular formula is C24H20N4O3S. The van der Waals surface area contributed by atoms with Gasteiger partial charge in [0.1, 0.15) is 17.3 Å². The Morgan fingerprint density at radius 2 is 2.06 bits per heavy atom. The lowest BCUT2D eigenvalue weighted by Crippen LogP contribution is -2.17. The standard InChI is InChI=1S/C24H20N4O3S/c1-3-30-20-11-10-16-7-4-5-8-17(16)22(20)23(29)26-21-13-15(2)27-28(21)24-25-18(14-32-24)19-9-6-12-31-19/h4-14H,3H2,1-2H3,(H,26,29). The van der Waals surface area contributed by atoms with Crippen molar-refractivity contribution in [2.24, 2.45) is 0 Å². The molecular weight excluding hydrogens is 424 g/mol. The maximum atomic E-state index is 13.4. The first kappa shape index (κ1) is 20.0. The van der Waals surface area contributed by atoms with Gasteiger partial charge in [-0.2, -0.15) is 9.78 Å². The van der Waals surface area contributed by atoms with Gasteiger partial charge in [0.05, 0.1) is 24.1 Å². The van der Waals surface area contributed by atoms with Crippen molar-refractivity contribution in [3.63, 3.8) is 0 Å². The van der Waals surface area contributed by atoms with E-state index in [0.717, 1.165) is 16.5 Å². The van der Waals surface area contributed by atoms with Crippen LogP contribution in [-0.2, 0) is 0 Å². The van der Waals surface area contributed by atoms with Crippen molar-refractivity contribution in [1.29, 1.82) is 0 Å². The highest BCUT2D eigenvalue weighted by Gasteiger charge is 2.20. The molecule has 5 rings (SSSR count). The highest BCUT2D eigenvalue weighted by molar-refractivity contribution is 7.12. The van der Waals surface area contributed by atoms with Gasteiger partial charge >= 0.3 is 0 Å². The van der Waals surface area contributed by atoms with E-state index < -0.39 is 0 Å². The summed E-state index contributed by atoms with van der Waals surface area (Å²) in [4.78, 5) is 18.1. The van der Waals surface area contributed by atoms with Gasteiger partial charge in [-0.15, -0.1) is 11.3 Å². The van der Waals surface area contributed by atoms with Gasteiger partial charge in [-0.3, -0.25) is 4.79 Å². The molecule has 0 saturated heterocycles. The number of rotatable bonds is 6. The van der Waals surface area contributed by atoms with Gasteiger partial charge < -0.3 is 14.5 Å². The van der Waals surface area contributed by atoms with Crippen LogP contribution in [0.25, 0.3) is 27.4 Å². The molecule has 0 atom stereocenters. The summed E-state index contributed by atoms with van der Waals surface area (Å²) >= 11 is 1.42. The van der Waals surface area contributed by atoms with Crippen molar-refractivity contribution >= 4 is 33.8 Å². The van der Waals surface area contributed by atoms with Gasteiger partial charge in [0.15, 0.2) is 5.76 Å². The number of aryl methyl sites for hydroxylation is 1. The van der Waals surface area contributed by atoms with Crippen molar-refractivity contribution in [3.05, 3.63) is 77.5 Å². The van der Waals surface area contributed by atoms with Crippen LogP contribution < -0.4 is 10.1 Å². The van der Waals surface area contributed by atoms with Gasteiger partial charge in [0.2, 0.25) is 5.13 Å². The summed E-state index contributed by atoms with van der Waals surface area (Å²) in [5.74, 6) is 1.48. The molecule has 0 spiro atoms. The van der Waals surface area contributed by atoms with Gasteiger partial charge in [0.25, 0.3) is 5.91 Å². The lowest BCUT2D eigenvalue weighted by Gasteiger charge is -2.13. The molecule has 5 aromatic rings. The van der Waals surface area contributed by atoms with E-state index >= 15 is 0 Å². The molecule has 0 bridgehead atoms. The molecule has 160 valence electrons. The van der Waals surface area contributed by atoms with E-state index in [0.29, 0.717) is 40.3 Å². The van der Waals surface area contributed by atoms with Crippen LogP contribution in [0.2, 0.25) is 0 Å². The van der Waals surface area contributed by atoms with Crippen molar-refractivity contribution in [3.8, 4) is 22.3 Å². The molecule has 1 N–H and O–H groups in total. The molecule has 0 aliphatic heterocycles. The van der Waals surface area contributed by atoms with Crippen LogP contribution in [-0.4, -0.2) is 27.3 Å². The summed E-state index contributed by atoms with van der Waals surface area (Å²) in [5, 5.41) is 11.9. The summed E-state index contributed by atoms with van der Waals surface area (Å²) < 4.78 is 12.8. The lowest BCUT2D eigenvalue weighted by atomic mass is 10.0. The van der Waals surface area contributed by atoms with Crippen LogP contribution >= 0.6 is 11.3 Å². The molecule has 1 amide bonds. The summed E-state index contributed by atoms with van der Waals surface area (Å²) in [5.41, 5.74) is 1.97. The van der Waals surface area contributed by atoms with E-state index in [-0.39, 0.29) is 5.91 Å². The average Bonchev–Trinajstić information content (AvgIpc) is 3.54.